The molecule has 4 aromatic carbocycles. The number of nitrogens with one attached hydrogen (secondary N) is 6. The Morgan fingerprint density at radius 2 is 1.02 bits per heavy atom. The van der Waals surface area contributed by atoms with Gasteiger partial charge in [0.25, 0.3) is 0 Å². The molecule has 8 N–H and O–H groups in total. The molecule has 6 rings (SSSR count). The van der Waals surface area contributed by atoms with Crippen LogP contribution >= 0.6 is 24.8 Å². The molecule has 80 heavy (non-hydrogen) atoms. The van der Waals surface area contributed by atoms with Crippen molar-refractivity contribution in [3.63, 3.8) is 0 Å². The number of imide groups is 2. The van der Waals surface area contributed by atoms with Gasteiger partial charge in [-0.05, 0) is 111 Å². The molecule has 18 heteroatoms. The van der Waals surface area contributed by atoms with Crippen LogP contribution in [0.2, 0.25) is 0 Å². The number of carbonyl (C=O) groups is 6. The molecule has 2 heterocycles. The van der Waals surface area contributed by atoms with E-state index in [0.717, 1.165) is 64.9 Å². The number of fused-ring (bicyclic) bond motifs is 2. The molecule has 0 bridgehead atoms. The monoisotopic (exact) mass is 1150 g/mol. The molecule has 0 aliphatic carbocycles. The molecule has 0 radical (unpaired) electrons. The van der Waals surface area contributed by atoms with Crippen molar-refractivity contribution in [1.82, 2.24) is 41.7 Å². The van der Waals surface area contributed by atoms with Crippen LogP contribution in [0.25, 0.3) is 21.5 Å². The van der Waals surface area contributed by atoms with Crippen molar-refractivity contribution in [3.05, 3.63) is 96.1 Å². The molecule has 4 aromatic rings. The number of carbonyl (C=O) groups excluding carboxylic acids is 6. The van der Waals surface area contributed by atoms with E-state index in [9.17, 15) is 39.0 Å². The van der Waals surface area contributed by atoms with Gasteiger partial charge in [-0.1, -0.05) is 153 Å². The van der Waals surface area contributed by atoms with Crippen LogP contribution in [0.15, 0.2) is 84.9 Å². The maximum Gasteiger partial charge on any atom is 0.247 e. The lowest BCUT2D eigenvalue weighted by atomic mass is 9.91. The minimum atomic E-state index is -1.05. The fourth-order valence-electron chi connectivity index (χ4n) is 9.80. The van der Waals surface area contributed by atoms with Crippen molar-refractivity contribution in [2.24, 2.45) is 16.7 Å². The van der Waals surface area contributed by atoms with Crippen LogP contribution < -0.4 is 31.9 Å². The largest absolute Gasteiger partial charge is 0.390 e. The van der Waals surface area contributed by atoms with Crippen LogP contribution in [0.1, 0.15) is 125 Å². The Morgan fingerprint density at radius 1 is 0.588 bits per heavy atom. The van der Waals surface area contributed by atoms with E-state index >= 15 is 0 Å². The molecular formula is C62H94Cl2N8O8. The lowest BCUT2D eigenvalue weighted by Crippen LogP contribution is -2.60. The summed E-state index contributed by atoms with van der Waals surface area (Å²) in [5, 5.41) is 43.3. The number of aliphatic hydroxyl groups is 2. The van der Waals surface area contributed by atoms with Crippen molar-refractivity contribution < 1.29 is 39.0 Å². The summed E-state index contributed by atoms with van der Waals surface area (Å²) in [7, 11) is 0. The van der Waals surface area contributed by atoms with Crippen molar-refractivity contribution in [2.75, 3.05) is 52.4 Å². The fourth-order valence-corrected chi connectivity index (χ4v) is 9.80. The minimum Gasteiger partial charge on any atom is -0.390 e. The number of halogens is 2. The quantitative estimate of drug-likeness (QED) is 0.0332. The number of aliphatic hydroxyl groups excluding tert-OH is 1. The predicted molar refractivity (Wildman–Crippen MR) is 325 cm³/mol. The average molecular weight is 1150 g/mol. The number of hydrogen-bond donors (Lipinski definition) is 8. The Balaban J connectivity index is 0.000000410. The van der Waals surface area contributed by atoms with Gasteiger partial charge in [-0.2, -0.15) is 0 Å². The zero-order valence-electron chi connectivity index (χ0n) is 49.1. The summed E-state index contributed by atoms with van der Waals surface area (Å²) in [5.41, 5.74) is -0.776. The number of rotatable bonds is 24. The Labute approximate surface area is 488 Å². The smallest absolute Gasteiger partial charge is 0.247 e. The summed E-state index contributed by atoms with van der Waals surface area (Å²) >= 11 is 0. The second-order valence-corrected chi connectivity index (χ2v) is 24.0. The van der Waals surface area contributed by atoms with E-state index in [0.29, 0.717) is 64.4 Å². The zero-order valence-corrected chi connectivity index (χ0v) is 50.8. The van der Waals surface area contributed by atoms with Gasteiger partial charge in [0.1, 0.15) is 12.1 Å². The summed E-state index contributed by atoms with van der Waals surface area (Å²) in [5.74, 6) is -1.70. The molecule has 444 valence electrons. The Bertz CT molecular complexity index is 2620. The van der Waals surface area contributed by atoms with Gasteiger partial charge in [0.2, 0.25) is 35.4 Å². The van der Waals surface area contributed by atoms with Crippen molar-refractivity contribution >= 4 is 81.8 Å². The average Bonchev–Trinajstić information content (AvgIpc) is 4.16. The Morgan fingerprint density at radius 3 is 1.43 bits per heavy atom. The summed E-state index contributed by atoms with van der Waals surface area (Å²) in [6.45, 7) is 22.4. The van der Waals surface area contributed by atoms with E-state index in [2.05, 4.69) is 45.7 Å². The van der Waals surface area contributed by atoms with Gasteiger partial charge in [-0.3, -0.25) is 38.6 Å². The molecule has 0 saturated carbocycles. The lowest BCUT2D eigenvalue weighted by Gasteiger charge is -2.35. The molecule has 2 aliphatic rings. The molecule has 0 aromatic heterocycles. The Hall–Kier alpha value is -5.04. The zero-order chi connectivity index (χ0) is 57.2. The summed E-state index contributed by atoms with van der Waals surface area (Å²) in [6.07, 6.45) is 5.35. The van der Waals surface area contributed by atoms with Crippen LogP contribution in [0.5, 0.6) is 0 Å². The highest BCUT2D eigenvalue weighted by Crippen LogP contribution is 2.27. The van der Waals surface area contributed by atoms with Gasteiger partial charge in [0.05, 0.1) is 23.8 Å². The summed E-state index contributed by atoms with van der Waals surface area (Å²) in [4.78, 5) is 84.8. The third-order valence-electron chi connectivity index (χ3n) is 14.5. The second-order valence-electron chi connectivity index (χ2n) is 24.0. The summed E-state index contributed by atoms with van der Waals surface area (Å²) in [6, 6.07) is 24.9. The second kappa shape index (κ2) is 32.6. The van der Waals surface area contributed by atoms with Gasteiger partial charge >= 0.3 is 0 Å². The SMILES string of the molecule is CC(C)(O)CNCCCNC(=O)C(Cc1ccc2ccccc2c1)N(C(=O)[C@@H]1CCCN1)C(=O)C(C)(C)C.CCC(CC)CNCC(O)CNC(=O)[C@@H](Cc1ccc2ccccc2c1)N(C(=O)[C@@H]1CCCN1)C(=O)C(C)(C)C.Cl.Cl. The van der Waals surface area contributed by atoms with Crippen molar-refractivity contribution in [2.45, 2.75) is 163 Å². The van der Waals surface area contributed by atoms with E-state index in [1.807, 2.05) is 84.9 Å². The molecule has 2 fully saturated rings. The van der Waals surface area contributed by atoms with Crippen LogP contribution in [0.4, 0.5) is 0 Å². The topological polar surface area (TPSA) is 222 Å². The molecule has 16 nitrogen and oxygen atoms in total. The normalized spacial score (nSPS) is 16.6. The molecule has 2 aliphatic heterocycles. The van der Waals surface area contributed by atoms with Crippen molar-refractivity contribution in [1.29, 1.82) is 0 Å². The van der Waals surface area contributed by atoms with E-state index in [-0.39, 0.29) is 73.7 Å². The third kappa shape index (κ3) is 21.1. The van der Waals surface area contributed by atoms with Gasteiger partial charge < -0.3 is 42.1 Å². The molecule has 6 amide bonds. The van der Waals surface area contributed by atoms with Crippen molar-refractivity contribution in [3.8, 4) is 0 Å². The first-order valence-electron chi connectivity index (χ1n) is 28.5. The van der Waals surface area contributed by atoms with E-state index in [4.69, 9.17) is 0 Å². The molecular weight excluding hydrogens is 1060 g/mol. The van der Waals surface area contributed by atoms with Gasteiger partial charge in [-0.25, -0.2) is 0 Å². The van der Waals surface area contributed by atoms with Gasteiger partial charge in [-0.15, -0.1) is 24.8 Å². The Kier molecular flexibility index (Phi) is 28.2. The van der Waals surface area contributed by atoms with Crippen LogP contribution in [0.3, 0.4) is 0 Å². The predicted octanol–water partition coefficient (Wildman–Crippen LogP) is 7.02. The van der Waals surface area contributed by atoms with E-state index in [1.165, 1.54) is 9.80 Å². The van der Waals surface area contributed by atoms with Gasteiger partial charge in [0, 0.05) is 49.9 Å². The first kappa shape index (κ1) is 69.2. The number of amides is 6. The molecule has 2 unspecified atom stereocenters. The fraction of sp³-hybridized carbons (Fsp3) is 0.581. The van der Waals surface area contributed by atoms with Crippen LogP contribution in [-0.2, 0) is 41.6 Å². The van der Waals surface area contributed by atoms with E-state index < -0.39 is 52.6 Å². The van der Waals surface area contributed by atoms with E-state index in [1.54, 1.807) is 55.4 Å². The summed E-state index contributed by atoms with van der Waals surface area (Å²) < 4.78 is 0. The standard InChI is InChI=1S/C32H48N4O4.C30H44N4O4.2ClH/c1-6-22(7-2)19-33-20-26(37)21-35-29(38)28(18-23-14-15-24-11-8-9-12-25(24)17-23)36(31(40)32(3,4)5)30(39)27-13-10-16-34-27;1-29(2,3)28(37)34(27(36)24-12-8-16-32-24)25(26(35)33-17-9-15-31-20-30(4,5)38)19-21-13-14-22-10-6-7-11-23(22)18-21;;/h8-9,11-12,14-15,17,22,26-28,33-34,37H,6-7,10,13,16,18-21H2,1-5H3,(H,35,38);6-7,10-11,13-14,18,24-25,31-32,38H,8-9,12,15-17,19-20H2,1-5H3,(H,33,35);2*1H/t26?,27-,28+;24-,25?;;/m00../s1. The third-order valence-corrected chi connectivity index (χ3v) is 14.5. The highest BCUT2D eigenvalue weighted by Gasteiger charge is 2.44. The first-order chi connectivity index (χ1) is 36.9. The molecule has 2 saturated heterocycles. The minimum absolute atomic E-state index is 0. The number of benzene rings is 4. The van der Waals surface area contributed by atoms with Gasteiger partial charge in [0.15, 0.2) is 0 Å². The lowest BCUT2D eigenvalue weighted by molar-refractivity contribution is -0.158. The maximum absolute atomic E-state index is 13.8. The highest BCUT2D eigenvalue weighted by atomic mass is 35.5. The van der Waals surface area contributed by atoms with Crippen LogP contribution in [0, 0.1) is 16.7 Å². The number of nitrogens with zero attached hydrogens (tertiary/aromatic N) is 2. The molecule has 0 spiro atoms. The highest BCUT2D eigenvalue weighted by molar-refractivity contribution is 6.05. The number of hydrogen-bond acceptors (Lipinski definition) is 12. The maximum atomic E-state index is 13.8. The molecule has 5 atom stereocenters. The first-order valence-corrected chi connectivity index (χ1v) is 28.5. The van der Waals surface area contributed by atoms with Crippen LogP contribution in [-0.4, -0.2) is 144 Å².